The third kappa shape index (κ3) is 5.69. The van der Waals surface area contributed by atoms with Crippen molar-refractivity contribution in [3.63, 3.8) is 0 Å². The molecule has 8 heteroatoms. The van der Waals surface area contributed by atoms with Gasteiger partial charge in [-0.05, 0) is 81.5 Å². The van der Waals surface area contributed by atoms with Crippen molar-refractivity contribution < 1.29 is 23.9 Å². The van der Waals surface area contributed by atoms with Crippen LogP contribution in [-0.4, -0.2) is 73.3 Å². The van der Waals surface area contributed by atoms with Gasteiger partial charge >= 0.3 is 5.97 Å². The van der Waals surface area contributed by atoms with Gasteiger partial charge in [-0.2, -0.15) is 0 Å². The summed E-state index contributed by atoms with van der Waals surface area (Å²) in [5, 5.41) is 2.81. The number of hydrogen-bond donors (Lipinski definition) is 1. The highest BCUT2D eigenvalue weighted by molar-refractivity contribution is 5.88. The lowest BCUT2D eigenvalue weighted by atomic mass is 9.49. The van der Waals surface area contributed by atoms with E-state index < -0.39 is 0 Å². The second-order valence-corrected chi connectivity index (χ2v) is 11.0. The summed E-state index contributed by atoms with van der Waals surface area (Å²) in [6, 6.07) is 0. The van der Waals surface area contributed by atoms with E-state index in [1.165, 1.54) is 43.4 Å². The molecular weight excluding hydrogens is 422 g/mol. The van der Waals surface area contributed by atoms with E-state index in [1.54, 1.807) is 18.9 Å². The van der Waals surface area contributed by atoms with Crippen LogP contribution in [0, 0.1) is 29.1 Å². The number of ether oxygens (including phenoxy) is 1. The average molecular weight is 462 g/mol. The van der Waals surface area contributed by atoms with Gasteiger partial charge in [0.1, 0.15) is 0 Å². The van der Waals surface area contributed by atoms with Gasteiger partial charge in [-0.15, -0.1) is 0 Å². The molecule has 5 rings (SSSR count). The molecule has 1 heterocycles. The maximum absolute atomic E-state index is 12.7. The first-order chi connectivity index (χ1) is 15.8. The van der Waals surface area contributed by atoms with Crippen molar-refractivity contribution in [1.29, 1.82) is 0 Å². The van der Waals surface area contributed by atoms with Gasteiger partial charge in [0, 0.05) is 26.6 Å². The molecule has 184 valence electrons. The first-order valence-corrected chi connectivity index (χ1v) is 12.7. The fourth-order valence-electron chi connectivity index (χ4n) is 7.23. The normalized spacial score (nSPS) is 30.7. The van der Waals surface area contributed by atoms with Crippen molar-refractivity contribution in [1.82, 2.24) is 15.1 Å². The van der Waals surface area contributed by atoms with Gasteiger partial charge in [0.2, 0.25) is 17.7 Å². The van der Waals surface area contributed by atoms with Crippen molar-refractivity contribution in [2.24, 2.45) is 29.1 Å². The Balaban J connectivity index is 1.17. The van der Waals surface area contributed by atoms with E-state index in [9.17, 15) is 19.2 Å². The quantitative estimate of drug-likeness (QED) is 0.558. The van der Waals surface area contributed by atoms with Gasteiger partial charge in [0.25, 0.3) is 0 Å². The van der Waals surface area contributed by atoms with Crippen LogP contribution >= 0.6 is 0 Å². The van der Waals surface area contributed by atoms with E-state index in [1.807, 2.05) is 0 Å². The van der Waals surface area contributed by atoms with Crippen LogP contribution in [0.1, 0.15) is 64.7 Å². The fraction of sp³-hybridized carbons (Fsp3) is 0.840. The van der Waals surface area contributed by atoms with E-state index in [-0.39, 0.29) is 48.1 Å². The highest BCUT2D eigenvalue weighted by atomic mass is 16.5. The molecule has 0 aromatic heterocycles. The Hall–Kier alpha value is -2.12. The van der Waals surface area contributed by atoms with Gasteiger partial charge in [-0.3, -0.25) is 19.2 Å². The maximum Gasteiger partial charge on any atom is 0.309 e. The molecule has 0 unspecified atom stereocenters. The molecule has 0 radical (unpaired) electrons. The molecule has 33 heavy (non-hydrogen) atoms. The molecule has 5 aliphatic rings. The van der Waals surface area contributed by atoms with E-state index >= 15 is 0 Å². The Morgan fingerprint density at radius 3 is 2.12 bits per heavy atom. The number of carbonyl (C=O) groups excluding carboxylic acids is 4. The Kier molecular flexibility index (Phi) is 7.29. The third-order valence-electron chi connectivity index (χ3n) is 8.40. The second-order valence-electron chi connectivity index (χ2n) is 11.0. The summed E-state index contributed by atoms with van der Waals surface area (Å²) < 4.78 is 5.07. The summed E-state index contributed by atoms with van der Waals surface area (Å²) in [7, 11) is 1.59. The number of rotatable bonds is 8. The first-order valence-electron chi connectivity index (χ1n) is 12.7. The highest BCUT2D eigenvalue weighted by Gasteiger charge is 2.51. The Morgan fingerprint density at radius 2 is 1.58 bits per heavy atom. The number of likely N-dealkylation sites (N-methyl/N-ethyl adjacent to an activating group) is 1. The van der Waals surface area contributed by atoms with Crippen molar-refractivity contribution >= 4 is 23.7 Å². The summed E-state index contributed by atoms with van der Waals surface area (Å²) in [4.78, 5) is 52.7. The van der Waals surface area contributed by atoms with Gasteiger partial charge in [0.15, 0.2) is 0 Å². The number of nitrogens with one attached hydrogen (secondary N) is 1. The molecule has 5 fully saturated rings. The summed E-state index contributed by atoms with van der Waals surface area (Å²) in [5.74, 6) is 1.61. The molecule has 8 nitrogen and oxygen atoms in total. The number of likely N-dealkylation sites (tertiary alicyclic amines) is 1. The Labute approximate surface area is 196 Å². The van der Waals surface area contributed by atoms with Crippen molar-refractivity contribution in [3.8, 4) is 0 Å². The number of carbonyl (C=O) groups is 4. The predicted molar refractivity (Wildman–Crippen MR) is 122 cm³/mol. The molecule has 0 atom stereocenters. The van der Waals surface area contributed by atoms with Crippen LogP contribution in [0.3, 0.4) is 0 Å². The van der Waals surface area contributed by atoms with Crippen LogP contribution in [0.2, 0.25) is 0 Å². The Morgan fingerprint density at radius 1 is 1.00 bits per heavy atom. The number of piperidine rings is 1. The lowest BCUT2D eigenvalue weighted by Gasteiger charge is -2.56. The third-order valence-corrected chi connectivity index (χ3v) is 8.40. The van der Waals surface area contributed by atoms with E-state index in [0.29, 0.717) is 39.0 Å². The van der Waals surface area contributed by atoms with Crippen molar-refractivity contribution in [2.45, 2.75) is 64.7 Å². The average Bonchev–Trinajstić information content (AvgIpc) is 2.76. The lowest BCUT2D eigenvalue weighted by Crippen LogP contribution is -2.49. The molecular formula is C25H39N3O5. The van der Waals surface area contributed by atoms with Crippen molar-refractivity contribution in [3.05, 3.63) is 0 Å². The van der Waals surface area contributed by atoms with Crippen LogP contribution in [-0.2, 0) is 23.9 Å². The SMILES string of the molecule is CCOC(=O)C1CCN(C(=O)CN(C)C(=O)CNC(=O)CC23CC4CC(CC(C4)C2)C3)CC1. The van der Waals surface area contributed by atoms with E-state index in [0.717, 1.165) is 17.8 Å². The molecule has 0 spiro atoms. The zero-order chi connectivity index (χ0) is 23.6. The van der Waals surface area contributed by atoms with Crippen LogP contribution in [0.15, 0.2) is 0 Å². The van der Waals surface area contributed by atoms with Crippen LogP contribution < -0.4 is 5.32 Å². The number of nitrogens with zero attached hydrogens (tertiary/aromatic N) is 2. The molecule has 3 amide bonds. The number of amides is 3. The molecule has 4 saturated carbocycles. The smallest absolute Gasteiger partial charge is 0.309 e. The minimum Gasteiger partial charge on any atom is -0.466 e. The molecule has 0 aromatic rings. The van der Waals surface area contributed by atoms with Gasteiger partial charge in [-0.25, -0.2) is 0 Å². The number of esters is 1. The lowest BCUT2D eigenvalue weighted by molar-refractivity contribution is -0.151. The van der Waals surface area contributed by atoms with Gasteiger partial charge < -0.3 is 19.9 Å². The summed E-state index contributed by atoms with van der Waals surface area (Å²) in [6.07, 6.45) is 9.24. The van der Waals surface area contributed by atoms with Crippen LogP contribution in [0.25, 0.3) is 0 Å². The monoisotopic (exact) mass is 461 g/mol. The van der Waals surface area contributed by atoms with Crippen LogP contribution in [0.4, 0.5) is 0 Å². The predicted octanol–water partition coefficient (Wildman–Crippen LogP) is 1.97. The minimum absolute atomic E-state index is 0.0201. The van der Waals surface area contributed by atoms with E-state index in [4.69, 9.17) is 4.74 Å². The largest absolute Gasteiger partial charge is 0.466 e. The molecule has 1 aliphatic heterocycles. The molecule has 0 aromatic carbocycles. The van der Waals surface area contributed by atoms with Crippen molar-refractivity contribution in [2.75, 3.05) is 39.8 Å². The second kappa shape index (κ2) is 10.0. The van der Waals surface area contributed by atoms with Gasteiger partial charge in [-0.1, -0.05) is 0 Å². The number of hydrogen-bond acceptors (Lipinski definition) is 5. The standard InChI is InChI=1S/C25H39N3O5/c1-3-33-24(32)20-4-6-28(7-5-20)23(31)16-27(2)22(30)15-26-21(29)14-25-11-17-8-18(12-25)10-19(9-17)13-25/h17-20H,3-16H2,1-2H3,(H,26,29). The Bertz CT molecular complexity index is 739. The fourth-order valence-corrected chi connectivity index (χ4v) is 7.23. The minimum atomic E-state index is -0.261. The topological polar surface area (TPSA) is 96.0 Å². The van der Waals surface area contributed by atoms with Gasteiger partial charge in [0.05, 0.1) is 25.6 Å². The highest BCUT2D eigenvalue weighted by Crippen LogP contribution is 2.61. The maximum atomic E-state index is 12.7. The zero-order valence-corrected chi connectivity index (χ0v) is 20.1. The molecule has 1 N–H and O–H groups in total. The first kappa shape index (κ1) is 24.0. The molecule has 4 aliphatic carbocycles. The van der Waals surface area contributed by atoms with E-state index in [2.05, 4.69) is 5.32 Å². The van der Waals surface area contributed by atoms with Crippen LogP contribution in [0.5, 0.6) is 0 Å². The molecule has 1 saturated heterocycles. The zero-order valence-electron chi connectivity index (χ0n) is 20.1. The summed E-state index contributed by atoms with van der Waals surface area (Å²) in [6.45, 7) is 3.05. The molecule has 4 bridgehead atoms. The summed E-state index contributed by atoms with van der Waals surface area (Å²) in [5.41, 5.74) is 0.152. The summed E-state index contributed by atoms with van der Waals surface area (Å²) >= 11 is 0.